The smallest absolute Gasteiger partial charge is 0.266 e. The lowest BCUT2D eigenvalue weighted by atomic mass is 10.1. The van der Waals surface area contributed by atoms with E-state index in [2.05, 4.69) is 0 Å². The molecule has 1 amide bonds. The van der Waals surface area contributed by atoms with E-state index >= 15 is 0 Å². The van der Waals surface area contributed by atoms with Gasteiger partial charge in [-0.05, 0) is 17.3 Å². The summed E-state index contributed by atoms with van der Waals surface area (Å²) in [6, 6.07) is 2.10. The van der Waals surface area contributed by atoms with Crippen LogP contribution in [0.5, 0.6) is 0 Å². The molecule has 0 aliphatic carbocycles. The number of rotatable bonds is 3. The number of carbonyl (C=O) groups is 1. The molecule has 0 fully saturated rings. The molecule has 0 aliphatic rings. The maximum Gasteiger partial charge on any atom is 0.266 e. The average molecular weight is 261 g/mol. The van der Waals surface area contributed by atoms with Crippen molar-refractivity contribution in [2.75, 3.05) is 0 Å². The van der Waals surface area contributed by atoms with Crippen LogP contribution in [-0.4, -0.2) is 14.0 Å². The Morgan fingerprint density at radius 3 is 2.18 bits per heavy atom. The summed E-state index contributed by atoms with van der Waals surface area (Å²) >= 11 is 0. The molecule has 1 aromatic carbocycles. The monoisotopic (exact) mass is 261 g/mol. The van der Waals surface area contributed by atoms with E-state index < -0.39 is 31.8 Å². The number of amides is 1. The molecule has 0 unspecified atom stereocenters. The van der Waals surface area contributed by atoms with Gasteiger partial charge < -0.3 is 5.73 Å². The summed E-state index contributed by atoms with van der Waals surface area (Å²) in [4.78, 5) is 11.2. The predicted octanol–water partition coefficient (Wildman–Crippen LogP) is 2.41. The molecular formula is C11H14F3NOSi. The zero-order chi connectivity index (χ0) is 13.4. The molecule has 0 saturated heterocycles. The van der Waals surface area contributed by atoms with Crippen LogP contribution in [0, 0.1) is 5.82 Å². The summed E-state index contributed by atoms with van der Waals surface area (Å²) < 4.78 is 39.2. The maximum atomic E-state index is 14.0. The van der Waals surface area contributed by atoms with Crippen molar-refractivity contribution in [3.63, 3.8) is 0 Å². The van der Waals surface area contributed by atoms with Gasteiger partial charge >= 0.3 is 0 Å². The van der Waals surface area contributed by atoms with E-state index in [4.69, 9.17) is 5.73 Å². The fraction of sp³-hybridized carbons (Fsp3) is 0.364. The largest absolute Gasteiger partial charge is 0.366 e. The second-order valence-electron chi connectivity index (χ2n) is 4.81. The highest BCUT2D eigenvalue weighted by molar-refractivity contribution is 6.89. The molecule has 94 valence electrons. The molecule has 1 rings (SSSR count). The van der Waals surface area contributed by atoms with E-state index in [0.29, 0.717) is 0 Å². The van der Waals surface area contributed by atoms with E-state index in [0.717, 1.165) is 6.07 Å². The highest BCUT2D eigenvalue weighted by Crippen LogP contribution is 2.23. The zero-order valence-corrected chi connectivity index (χ0v) is 10.9. The van der Waals surface area contributed by atoms with Gasteiger partial charge in [0, 0.05) is 5.56 Å². The van der Waals surface area contributed by atoms with Crippen LogP contribution in [0.3, 0.4) is 0 Å². The lowest BCUT2D eigenvalue weighted by Crippen LogP contribution is -2.45. The quantitative estimate of drug-likeness (QED) is 0.834. The number of benzene rings is 1. The lowest BCUT2D eigenvalue weighted by Gasteiger charge is -2.22. The molecule has 0 spiro atoms. The molecule has 2 nitrogen and oxygen atoms in total. The van der Waals surface area contributed by atoms with Crippen LogP contribution < -0.4 is 10.9 Å². The third-order valence-corrected chi connectivity index (χ3v) is 4.41. The molecule has 6 heteroatoms. The van der Waals surface area contributed by atoms with Gasteiger partial charge in [0.2, 0.25) is 5.91 Å². The topological polar surface area (TPSA) is 43.1 Å². The van der Waals surface area contributed by atoms with Crippen LogP contribution in [0.1, 0.15) is 22.3 Å². The minimum Gasteiger partial charge on any atom is -0.366 e. The van der Waals surface area contributed by atoms with Crippen LogP contribution in [-0.2, 0) is 0 Å². The fourth-order valence-corrected chi connectivity index (χ4v) is 3.52. The Morgan fingerprint density at radius 1 is 1.29 bits per heavy atom. The first kappa shape index (κ1) is 13.8. The van der Waals surface area contributed by atoms with Gasteiger partial charge in [-0.3, -0.25) is 4.79 Å². The minimum absolute atomic E-state index is 0.00562. The first-order valence-electron chi connectivity index (χ1n) is 5.07. The Hall–Kier alpha value is -1.30. The fourth-order valence-electron chi connectivity index (χ4n) is 1.70. The van der Waals surface area contributed by atoms with Gasteiger partial charge in [0.15, 0.2) is 0 Å². The van der Waals surface area contributed by atoms with Crippen molar-refractivity contribution >= 4 is 19.2 Å². The van der Waals surface area contributed by atoms with E-state index in [1.807, 2.05) is 0 Å². The van der Waals surface area contributed by atoms with Crippen molar-refractivity contribution in [1.82, 2.24) is 0 Å². The van der Waals surface area contributed by atoms with Crippen molar-refractivity contribution in [2.24, 2.45) is 5.73 Å². The summed E-state index contributed by atoms with van der Waals surface area (Å²) in [5.74, 6) is -1.78. The maximum absolute atomic E-state index is 14.0. The van der Waals surface area contributed by atoms with E-state index in [1.165, 1.54) is 6.07 Å². The molecule has 1 aromatic rings. The molecule has 0 saturated carbocycles. The Morgan fingerprint density at radius 2 is 1.82 bits per heavy atom. The highest BCUT2D eigenvalue weighted by atomic mass is 28.3. The van der Waals surface area contributed by atoms with Crippen molar-refractivity contribution in [1.29, 1.82) is 0 Å². The van der Waals surface area contributed by atoms with Crippen molar-refractivity contribution in [3.05, 3.63) is 29.1 Å². The van der Waals surface area contributed by atoms with E-state index in [-0.39, 0.29) is 10.8 Å². The SMILES string of the molecule is C[Si](C)(C)c1c(C(N)=O)ccc(C(F)F)c1F. The number of primary amides is 1. The number of nitrogens with two attached hydrogens (primary N) is 1. The summed E-state index contributed by atoms with van der Waals surface area (Å²) in [6.07, 6.45) is -2.90. The van der Waals surface area contributed by atoms with Gasteiger partial charge in [-0.15, -0.1) is 0 Å². The van der Waals surface area contributed by atoms with Crippen LogP contribution in [0.25, 0.3) is 0 Å². The standard InChI is InChI=1S/C11H14F3NOSi/c1-17(2,3)9-7(11(15)16)5-4-6(8(9)12)10(13)14/h4-5,10H,1-3H3,(H2,15,16). The third-order valence-electron chi connectivity index (χ3n) is 2.42. The van der Waals surface area contributed by atoms with Crippen molar-refractivity contribution < 1.29 is 18.0 Å². The van der Waals surface area contributed by atoms with Gasteiger partial charge in [-0.1, -0.05) is 19.6 Å². The van der Waals surface area contributed by atoms with Gasteiger partial charge in [-0.2, -0.15) is 0 Å². The Balaban J connectivity index is 3.60. The number of halogens is 3. The first-order chi connectivity index (χ1) is 7.66. The molecule has 0 radical (unpaired) electrons. The molecule has 17 heavy (non-hydrogen) atoms. The molecule has 0 atom stereocenters. The second-order valence-corrected chi connectivity index (χ2v) is 9.81. The summed E-state index contributed by atoms with van der Waals surface area (Å²) in [6.45, 7) is 5.31. The van der Waals surface area contributed by atoms with E-state index in [9.17, 15) is 18.0 Å². The average Bonchev–Trinajstić information content (AvgIpc) is 2.14. The predicted molar refractivity (Wildman–Crippen MR) is 62.9 cm³/mol. The minimum atomic E-state index is -2.90. The molecule has 0 aliphatic heterocycles. The number of alkyl halides is 2. The van der Waals surface area contributed by atoms with Gasteiger partial charge in [0.05, 0.1) is 13.6 Å². The van der Waals surface area contributed by atoms with Gasteiger partial charge in [-0.25, -0.2) is 13.2 Å². The number of hydrogen-bond acceptors (Lipinski definition) is 1. The summed E-state index contributed by atoms with van der Waals surface area (Å²) in [7, 11) is -2.27. The molecule has 2 N–H and O–H groups in total. The lowest BCUT2D eigenvalue weighted by molar-refractivity contribution is 0.1000. The van der Waals surface area contributed by atoms with E-state index in [1.54, 1.807) is 19.6 Å². The summed E-state index contributed by atoms with van der Waals surface area (Å²) in [5, 5.41) is 0.0720. The molecule has 0 heterocycles. The van der Waals surface area contributed by atoms with Crippen LogP contribution in [0.15, 0.2) is 12.1 Å². The van der Waals surface area contributed by atoms with Crippen molar-refractivity contribution in [2.45, 2.75) is 26.1 Å². The van der Waals surface area contributed by atoms with Crippen molar-refractivity contribution in [3.8, 4) is 0 Å². The Labute approximate surface area is 98.6 Å². The number of carbonyl (C=O) groups excluding carboxylic acids is 1. The van der Waals surface area contributed by atoms with Crippen LogP contribution >= 0.6 is 0 Å². The molecular weight excluding hydrogens is 247 g/mol. The zero-order valence-electron chi connectivity index (χ0n) is 9.85. The normalized spacial score (nSPS) is 11.9. The summed E-state index contributed by atoms with van der Waals surface area (Å²) in [5.41, 5.74) is 4.47. The molecule has 0 aromatic heterocycles. The van der Waals surface area contributed by atoms with Crippen LogP contribution in [0.4, 0.5) is 13.2 Å². The highest BCUT2D eigenvalue weighted by Gasteiger charge is 2.30. The van der Waals surface area contributed by atoms with Crippen LogP contribution in [0.2, 0.25) is 19.6 Å². The first-order valence-corrected chi connectivity index (χ1v) is 8.57. The van der Waals surface area contributed by atoms with Gasteiger partial charge in [0.1, 0.15) is 5.82 Å². The second kappa shape index (κ2) is 4.52. The Kier molecular flexibility index (Phi) is 3.66. The third kappa shape index (κ3) is 2.69. The number of hydrogen-bond donors (Lipinski definition) is 1. The van der Waals surface area contributed by atoms with Gasteiger partial charge in [0.25, 0.3) is 6.43 Å². The Bertz CT molecular complexity index is 455. The molecule has 0 bridgehead atoms.